The highest BCUT2D eigenvalue weighted by Crippen LogP contribution is 2.18. The van der Waals surface area contributed by atoms with Crippen molar-refractivity contribution in [2.45, 2.75) is 26.8 Å². The Kier molecular flexibility index (Phi) is 6.82. The first-order valence-electron chi connectivity index (χ1n) is 9.60. The minimum absolute atomic E-state index is 0.0378. The summed E-state index contributed by atoms with van der Waals surface area (Å²) >= 11 is 5.35. The number of amides is 1. The summed E-state index contributed by atoms with van der Waals surface area (Å²) in [5, 5.41) is 7.16. The number of aromatic amines is 1. The molecule has 0 aliphatic carbocycles. The predicted molar refractivity (Wildman–Crippen MR) is 117 cm³/mol. The summed E-state index contributed by atoms with van der Waals surface area (Å²) in [5.74, 6) is 1.60. The number of nitrogens with one attached hydrogen (secondary N) is 1. The fourth-order valence-electron chi connectivity index (χ4n) is 2.98. The summed E-state index contributed by atoms with van der Waals surface area (Å²) in [4.78, 5) is 14.2. The van der Waals surface area contributed by atoms with Crippen molar-refractivity contribution in [3.63, 3.8) is 0 Å². The van der Waals surface area contributed by atoms with Gasteiger partial charge in [-0.05, 0) is 43.8 Å². The van der Waals surface area contributed by atoms with Crippen LogP contribution in [0.1, 0.15) is 17.5 Å². The van der Waals surface area contributed by atoms with E-state index >= 15 is 0 Å². The Morgan fingerprint density at radius 2 is 1.93 bits per heavy atom. The largest absolute Gasteiger partial charge is 0.492 e. The summed E-state index contributed by atoms with van der Waals surface area (Å²) in [5.41, 5.74) is 3.29. The van der Waals surface area contributed by atoms with Gasteiger partial charge >= 0.3 is 0 Å². The van der Waals surface area contributed by atoms with E-state index in [9.17, 15) is 4.79 Å². The highest BCUT2D eigenvalue weighted by Gasteiger charge is 2.13. The zero-order valence-corrected chi connectivity index (χ0v) is 17.8. The number of ether oxygens (including phenoxy) is 1. The van der Waals surface area contributed by atoms with E-state index in [0.717, 1.165) is 22.7 Å². The molecule has 0 aliphatic heterocycles. The van der Waals surface area contributed by atoms with Crippen LogP contribution in [0.15, 0.2) is 48.5 Å². The van der Waals surface area contributed by atoms with Crippen molar-refractivity contribution >= 4 is 18.1 Å². The van der Waals surface area contributed by atoms with Crippen LogP contribution in [0.3, 0.4) is 0 Å². The van der Waals surface area contributed by atoms with Crippen LogP contribution in [0.5, 0.6) is 5.75 Å². The van der Waals surface area contributed by atoms with Crippen molar-refractivity contribution < 1.29 is 9.53 Å². The van der Waals surface area contributed by atoms with Gasteiger partial charge < -0.3 is 9.64 Å². The van der Waals surface area contributed by atoms with Gasteiger partial charge in [-0.25, -0.2) is 0 Å². The Bertz CT molecular complexity index is 1020. The Morgan fingerprint density at radius 3 is 2.66 bits per heavy atom. The molecule has 0 spiro atoms. The second-order valence-corrected chi connectivity index (χ2v) is 7.49. The molecule has 1 aromatic heterocycles. The number of aromatic nitrogens is 3. The zero-order valence-electron chi connectivity index (χ0n) is 17.0. The normalized spacial score (nSPS) is 10.7. The van der Waals surface area contributed by atoms with Crippen LogP contribution in [0.2, 0.25) is 0 Å². The third kappa shape index (κ3) is 5.54. The first-order chi connectivity index (χ1) is 13.9. The maximum absolute atomic E-state index is 12.5. The molecule has 3 rings (SSSR count). The van der Waals surface area contributed by atoms with Crippen molar-refractivity contribution in [1.29, 1.82) is 0 Å². The molecule has 0 unspecified atom stereocenters. The Labute approximate surface area is 176 Å². The van der Waals surface area contributed by atoms with Gasteiger partial charge in [0.05, 0.1) is 6.54 Å². The summed E-state index contributed by atoms with van der Waals surface area (Å²) in [6.45, 7) is 5.51. The van der Waals surface area contributed by atoms with Crippen molar-refractivity contribution in [1.82, 2.24) is 19.7 Å². The van der Waals surface area contributed by atoms with Crippen LogP contribution in [0, 0.1) is 18.6 Å². The molecule has 1 heterocycles. The van der Waals surface area contributed by atoms with Gasteiger partial charge in [-0.1, -0.05) is 42.0 Å². The number of hydrogen-bond acceptors (Lipinski definition) is 4. The molecule has 3 aromatic rings. The SMILES string of the molecule is Cc1ccc(-c2n[nH]c(=S)n2CCC(=O)N(C)CCOc2cccc(C)c2)cc1. The average molecular weight is 411 g/mol. The Hall–Kier alpha value is -2.93. The molecule has 6 nitrogen and oxygen atoms in total. The van der Waals surface area contributed by atoms with E-state index in [2.05, 4.69) is 10.2 Å². The van der Waals surface area contributed by atoms with Crippen LogP contribution in [-0.2, 0) is 11.3 Å². The van der Waals surface area contributed by atoms with Crippen LogP contribution < -0.4 is 4.74 Å². The number of likely N-dealkylation sites (N-methyl/N-ethyl adjacent to an activating group) is 1. The molecule has 2 aromatic carbocycles. The number of benzene rings is 2. The van der Waals surface area contributed by atoms with Gasteiger partial charge in [0.25, 0.3) is 0 Å². The third-order valence-corrected chi connectivity index (χ3v) is 5.04. The summed E-state index contributed by atoms with van der Waals surface area (Å²) in [6.07, 6.45) is 0.341. The molecule has 0 fully saturated rings. The smallest absolute Gasteiger partial charge is 0.224 e. The number of carbonyl (C=O) groups excluding carboxylic acids is 1. The molecular formula is C22H26N4O2S. The summed E-state index contributed by atoms with van der Waals surface area (Å²) < 4.78 is 8.12. The van der Waals surface area contributed by atoms with E-state index in [1.54, 1.807) is 11.9 Å². The minimum atomic E-state index is 0.0378. The van der Waals surface area contributed by atoms with Crippen molar-refractivity contribution in [3.05, 3.63) is 64.4 Å². The molecule has 0 bridgehead atoms. The molecule has 0 aliphatic rings. The van der Waals surface area contributed by atoms with E-state index in [4.69, 9.17) is 17.0 Å². The monoisotopic (exact) mass is 410 g/mol. The van der Waals surface area contributed by atoms with Crippen LogP contribution in [-0.4, -0.2) is 45.8 Å². The van der Waals surface area contributed by atoms with Crippen LogP contribution in [0.25, 0.3) is 11.4 Å². The molecule has 7 heteroatoms. The van der Waals surface area contributed by atoms with Crippen molar-refractivity contribution in [3.8, 4) is 17.1 Å². The molecule has 0 atom stereocenters. The van der Waals surface area contributed by atoms with E-state index in [1.165, 1.54) is 5.56 Å². The van der Waals surface area contributed by atoms with Gasteiger partial charge in [0.15, 0.2) is 10.6 Å². The van der Waals surface area contributed by atoms with Crippen molar-refractivity contribution in [2.24, 2.45) is 0 Å². The lowest BCUT2D eigenvalue weighted by Crippen LogP contribution is -2.31. The minimum Gasteiger partial charge on any atom is -0.492 e. The van der Waals surface area contributed by atoms with Crippen molar-refractivity contribution in [2.75, 3.05) is 20.2 Å². The molecule has 29 heavy (non-hydrogen) atoms. The second-order valence-electron chi connectivity index (χ2n) is 7.10. The maximum atomic E-state index is 12.5. The number of aryl methyl sites for hydroxylation is 2. The molecule has 0 saturated carbocycles. The molecule has 1 N–H and O–H groups in total. The van der Waals surface area contributed by atoms with Gasteiger partial charge in [-0.2, -0.15) is 5.10 Å². The number of H-pyrrole nitrogens is 1. The van der Waals surface area contributed by atoms with Crippen LogP contribution >= 0.6 is 12.2 Å². The van der Waals surface area contributed by atoms with Gasteiger partial charge in [0.1, 0.15) is 12.4 Å². The quantitative estimate of drug-likeness (QED) is 0.567. The summed E-state index contributed by atoms with van der Waals surface area (Å²) in [7, 11) is 1.79. The first-order valence-corrected chi connectivity index (χ1v) is 10.0. The maximum Gasteiger partial charge on any atom is 0.224 e. The molecule has 1 amide bonds. The number of hydrogen-bond donors (Lipinski definition) is 1. The molecule has 152 valence electrons. The topological polar surface area (TPSA) is 63.2 Å². The molecular weight excluding hydrogens is 384 g/mol. The highest BCUT2D eigenvalue weighted by atomic mass is 32.1. The Balaban J connectivity index is 1.54. The van der Waals surface area contributed by atoms with E-state index in [1.807, 2.05) is 66.9 Å². The Morgan fingerprint density at radius 1 is 1.17 bits per heavy atom. The summed E-state index contributed by atoms with van der Waals surface area (Å²) in [6, 6.07) is 16.0. The highest BCUT2D eigenvalue weighted by molar-refractivity contribution is 7.71. The lowest BCUT2D eigenvalue weighted by atomic mass is 10.1. The number of rotatable bonds is 8. The predicted octanol–water partition coefficient (Wildman–Crippen LogP) is 4.15. The second kappa shape index (κ2) is 9.52. The third-order valence-electron chi connectivity index (χ3n) is 4.73. The lowest BCUT2D eigenvalue weighted by Gasteiger charge is -2.18. The van der Waals surface area contributed by atoms with Gasteiger partial charge in [-0.15, -0.1) is 0 Å². The molecule has 0 radical (unpaired) electrons. The number of carbonyl (C=O) groups is 1. The fraction of sp³-hybridized carbons (Fsp3) is 0.318. The zero-order chi connectivity index (χ0) is 20.8. The lowest BCUT2D eigenvalue weighted by molar-refractivity contribution is -0.130. The van der Waals surface area contributed by atoms with Gasteiger partial charge in [0.2, 0.25) is 5.91 Å². The average Bonchev–Trinajstić information content (AvgIpc) is 3.07. The number of nitrogens with zero attached hydrogens (tertiary/aromatic N) is 3. The first kappa shape index (κ1) is 20.8. The molecule has 0 saturated heterocycles. The fourth-order valence-corrected chi connectivity index (χ4v) is 3.20. The standard InChI is InChI=1S/C22H26N4O2S/c1-16-7-9-18(10-8-16)21-23-24-22(29)26(21)12-11-20(27)25(3)13-14-28-19-6-4-5-17(2)15-19/h4-10,15H,11-14H2,1-3H3,(H,24,29). The van der Waals surface area contributed by atoms with Gasteiger partial charge in [0, 0.05) is 25.6 Å². The van der Waals surface area contributed by atoms with E-state index in [-0.39, 0.29) is 5.91 Å². The van der Waals surface area contributed by atoms with E-state index < -0.39 is 0 Å². The van der Waals surface area contributed by atoms with E-state index in [0.29, 0.717) is 30.9 Å². The van der Waals surface area contributed by atoms with Crippen LogP contribution in [0.4, 0.5) is 0 Å². The van der Waals surface area contributed by atoms with Gasteiger partial charge in [-0.3, -0.25) is 14.5 Å².